The zero-order valence-electron chi connectivity index (χ0n) is 29.5. The Kier molecular flexibility index (Phi) is 7.32. The molecule has 0 radical (unpaired) electrons. The van der Waals surface area contributed by atoms with Crippen LogP contribution in [0.25, 0.3) is 109 Å². The predicted octanol–water partition coefficient (Wildman–Crippen LogP) is 13.4. The van der Waals surface area contributed by atoms with Crippen LogP contribution in [0.5, 0.6) is 0 Å². The number of nitrogens with zero attached hydrogens (tertiary/aromatic N) is 4. The van der Waals surface area contributed by atoms with E-state index in [9.17, 15) is 0 Å². The molecule has 256 valence electrons. The Bertz CT molecular complexity index is 3250. The summed E-state index contributed by atoms with van der Waals surface area (Å²) in [6.07, 6.45) is 0. The molecule has 3 aromatic heterocycles. The maximum Gasteiger partial charge on any atom is 0.164 e. The van der Waals surface area contributed by atoms with Crippen LogP contribution in [0.15, 0.2) is 182 Å². The first-order valence-electron chi connectivity index (χ1n) is 18.4. The summed E-state index contributed by atoms with van der Waals surface area (Å²) in [6.45, 7) is 0. The van der Waals surface area contributed by atoms with Crippen molar-refractivity contribution in [2.24, 2.45) is 0 Å². The molecule has 3 heterocycles. The quantitative estimate of drug-likeness (QED) is 0.166. The van der Waals surface area contributed by atoms with Crippen LogP contribution in [0.2, 0.25) is 0 Å². The largest absolute Gasteiger partial charge is 0.247 e. The summed E-state index contributed by atoms with van der Waals surface area (Å²) in [5.41, 5.74) is 8.08. The summed E-state index contributed by atoms with van der Waals surface area (Å²) in [7, 11) is 0. The third-order valence-electron chi connectivity index (χ3n) is 10.5. The topological polar surface area (TPSA) is 51.6 Å². The van der Waals surface area contributed by atoms with E-state index in [0.29, 0.717) is 17.5 Å². The average molecular weight is 719 g/mol. The number of pyridine rings is 1. The maximum absolute atomic E-state index is 5.57. The van der Waals surface area contributed by atoms with E-state index >= 15 is 0 Å². The highest BCUT2D eigenvalue weighted by Gasteiger charge is 2.20. The average Bonchev–Trinajstić information content (AvgIpc) is 3.66. The fraction of sp³-hybridized carbons (Fsp3) is 0. The van der Waals surface area contributed by atoms with E-state index in [1.807, 2.05) is 47.7 Å². The summed E-state index contributed by atoms with van der Waals surface area (Å²) in [5.74, 6) is 1.86. The lowest BCUT2D eigenvalue weighted by atomic mass is 9.93. The van der Waals surface area contributed by atoms with E-state index < -0.39 is 0 Å². The van der Waals surface area contributed by atoms with Gasteiger partial charge < -0.3 is 0 Å². The monoisotopic (exact) mass is 718 g/mol. The first kappa shape index (κ1) is 31.4. The molecule has 0 bridgehead atoms. The van der Waals surface area contributed by atoms with Crippen molar-refractivity contribution in [3.05, 3.63) is 182 Å². The normalized spacial score (nSPS) is 11.6. The van der Waals surface area contributed by atoms with Crippen molar-refractivity contribution in [1.29, 1.82) is 0 Å². The van der Waals surface area contributed by atoms with Gasteiger partial charge in [0.15, 0.2) is 17.5 Å². The molecule has 0 saturated heterocycles. The number of fused-ring (bicyclic) bond motifs is 8. The van der Waals surface area contributed by atoms with E-state index in [1.54, 1.807) is 0 Å². The Morgan fingerprint density at radius 3 is 1.62 bits per heavy atom. The van der Waals surface area contributed by atoms with Crippen LogP contribution >= 0.6 is 11.3 Å². The van der Waals surface area contributed by atoms with E-state index in [2.05, 4.69) is 146 Å². The highest BCUT2D eigenvalue weighted by molar-refractivity contribution is 7.26. The number of hydrogen-bond donors (Lipinski definition) is 0. The minimum Gasteiger partial charge on any atom is -0.247 e. The van der Waals surface area contributed by atoms with Crippen molar-refractivity contribution in [3.63, 3.8) is 0 Å². The molecule has 0 amide bonds. The van der Waals surface area contributed by atoms with Crippen LogP contribution in [0.3, 0.4) is 0 Å². The minimum atomic E-state index is 0.605. The van der Waals surface area contributed by atoms with Crippen molar-refractivity contribution >= 4 is 64.0 Å². The molecule has 11 aromatic rings. The van der Waals surface area contributed by atoms with Gasteiger partial charge in [0.2, 0.25) is 0 Å². The van der Waals surface area contributed by atoms with Crippen LogP contribution in [0, 0.1) is 0 Å². The second-order valence-electron chi connectivity index (χ2n) is 13.8. The van der Waals surface area contributed by atoms with Gasteiger partial charge in [0.25, 0.3) is 0 Å². The lowest BCUT2D eigenvalue weighted by Gasteiger charge is -2.14. The fourth-order valence-corrected chi connectivity index (χ4v) is 9.08. The lowest BCUT2D eigenvalue weighted by molar-refractivity contribution is 1.07. The SMILES string of the molecule is c1ccc(-c2ccc(-c3nc(-c4ccccc4)nc(-c4ccc5c(c4)nc(-c4cc6ccccc6c6ccccc46)c4c6ccccc6sc54)n3)cc2)cc1. The molecule has 0 unspecified atom stereocenters. The van der Waals surface area contributed by atoms with E-state index in [0.717, 1.165) is 44.4 Å². The first-order valence-corrected chi connectivity index (χ1v) is 19.2. The van der Waals surface area contributed by atoms with Crippen LogP contribution in [-0.4, -0.2) is 19.9 Å². The summed E-state index contributed by atoms with van der Waals surface area (Å²) in [5, 5.41) is 8.38. The van der Waals surface area contributed by atoms with Gasteiger partial charge in [0, 0.05) is 47.8 Å². The van der Waals surface area contributed by atoms with Crippen molar-refractivity contribution in [2.45, 2.75) is 0 Å². The highest BCUT2D eigenvalue weighted by Crippen LogP contribution is 2.45. The molecule has 0 spiro atoms. The zero-order valence-corrected chi connectivity index (χ0v) is 30.3. The summed E-state index contributed by atoms with van der Waals surface area (Å²) >= 11 is 1.83. The van der Waals surface area contributed by atoms with Crippen LogP contribution in [0.1, 0.15) is 0 Å². The maximum atomic E-state index is 5.57. The number of aromatic nitrogens is 4. The fourth-order valence-electron chi connectivity index (χ4n) is 7.84. The van der Waals surface area contributed by atoms with Gasteiger partial charge in [0.05, 0.1) is 11.2 Å². The Morgan fingerprint density at radius 1 is 0.345 bits per heavy atom. The highest BCUT2D eigenvalue weighted by atomic mass is 32.1. The van der Waals surface area contributed by atoms with Gasteiger partial charge in [-0.2, -0.15) is 0 Å². The molecule has 55 heavy (non-hydrogen) atoms. The van der Waals surface area contributed by atoms with E-state index in [-0.39, 0.29) is 0 Å². The minimum absolute atomic E-state index is 0.605. The molecule has 0 aliphatic rings. The second-order valence-corrected chi connectivity index (χ2v) is 14.9. The van der Waals surface area contributed by atoms with Gasteiger partial charge in [-0.05, 0) is 50.9 Å². The molecule has 0 saturated carbocycles. The summed E-state index contributed by atoms with van der Waals surface area (Å²) < 4.78 is 2.47. The van der Waals surface area contributed by atoms with Gasteiger partial charge in [-0.1, -0.05) is 164 Å². The molecule has 0 fully saturated rings. The first-order chi connectivity index (χ1) is 27.2. The smallest absolute Gasteiger partial charge is 0.164 e. The Morgan fingerprint density at radius 2 is 0.873 bits per heavy atom. The summed E-state index contributed by atoms with van der Waals surface area (Å²) in [6, 6.07) is 63.8. The molecular weight excluding hydrogens is 689 g/mol. The molecule has 0 aliphatic carbocycles. The van der Waals surface area contributed by atoms with Crippen molar-refractivity contribution < 1.29 is 0 Å². The molecule has 5 heteroatoms. The van der Waals surface area contributed by atoms with E-state index in [1.165, 1.54) is 47.3 Å². The van der Waals surface area contributed by atoms with Crippen LogP contribution in [-0.2, 0) is 0 Å². The molecular formula is C50H30N4S. The number of rotatable bonds is 5. The molecule has 0 aliphatic heterocycles. The van der Waals surface area contributed by atoms with E-state index in [4.69, 9.17) is 19.9 Å². The predicted molar refractivity (Wildman–Crippen MR) is 230 cm³/mol. The molecule has 11 rings (SSSR count). The lowest BCUT2D eigenvalue weighted by Crippen LogP contribution is -2.00. The number of thiophene rings is 1. The number of benzene rings is 8. The van der Waals surface area contributed by atoms with Crippen molar-refractivity contribution in [1.82, 2.24) is 19.9 Å². The van der Waals surface area contributed by atoms with Gasteiger partial charge >= 0.3 is 0 Å². The Hall–Kier alpha value is -7.08. The van der Waals surface area contributed by atoms with Gasteiger partial charge in [-0.25, -0.2) is 19.9 Å². The second kappa shape index (κ2) is 12.8. The molecule has 0 N–H and O–H groups in total. The Labute approximate surface area is 321 Å². The van der Waals surface area contributed by atoms with Crippen LogP contribution < -0.4 is 0 Å². The summed E-state index contributed by atoms with van der Waals surface area (Å²) in [4.78, 5) is 20.8. The van der Waals surface area contributed by atoms with Crippen molar-refractivity contribution in [2.75, 3.05) is 0 Å². The van der Waals surface area contributed by atoms with Gasteiger partial charge in [-0.3, -0.25) is 0 Å². The number of hydrogen-bond acceptors (Lipinski definition) is 5. The third-order valence-corrected chi connectivity index (χ3v) is 11.7. The van der Waals surface area contributed by atoms with Gasteiger partial charge in [-0.15, -0.1) is 11.3 Å². The van der Waals surface area contributed by atoms with Gasteiger partial charge in [0.1, 0.15) is 0 Å². The standard InChI is InChI=1S/C50H30N4S/c1-3-13-31(14-4-1)32-23-25-34(26-24-32)49-52-48(33-15-5-2-6-16-33)53-50(54-49)36-27-28-40-43(30-36)51-46(45-41-21-11-12-22-44(41)55-47(40)45)42-29-35-17-7-8-18-37(35)38-19-9-10-20-39(38)42/h1-30H. The molecule has 8 aromatic carbocycles. The molecule has 0 atom stereocenters. The van der Waals surface area contributed by atoms with Crippen LogP contribution in [0.4, 0.5) is 0 Å². The zero-order chi connectivity index (χ0) is 36.3. The third kappa shape index (κ3) is 5.36. The molecule has 4 nitrogen and oxygen atoms in total. The Balaban J connectivity index is 1.14. The van der Waals surface area contributed by atoms with Crippen molar-refractivity contribution in [3.8, 4) is 56.5 Å².